The van der Waals surface area contributed by atoms with E-state index in [4.69, 9.17) is 15.9 Å². The van der Waals surface area contributed by atoms with Crippen LogP contribution in [0.3, 0.4) is 0 Å². The van der Waals surface area contributed by atoms with Gasteiger partial charge in [-0.15, -0.1) is 6.42 Å². The predicted octanol–water partition coefficient (Wildman–Crippen LogP) is 2.99. The molecule has 0 saturated heterocycles. The van der Waals surface area contributed by atoms with Crippen LogP contribution in [0, 0.1) is 12.3 Å². The van der Waals surface area contributed by atoms with E-state index in [1.807, 2.05) is 25.1 Å². The van der Waals surface area contributed by atoms with E-state index in [0.29, 0.717) is 13.2 Å². The molecule has 0 saturated carbocycles. The molecule has 0 fully saturated rings. The number of rotatable bonds is 8. The van der Waals surface area contributed by atoms with Crippen molar-refractivity contribution in [2.24, 2.45) is 0 Å². The predicted molar refractivity (Wildman–Crippen MR) is 78.5 cm³/mol. The smallest absolute Gasteiger partial charge is 0.165 e. The van der Waals surface area contributed by atoms with Crippen LogP contribution in [-0.4, -0.2) is 19.8 Å². The summed E-state index contributed by atoms with van der Waals surface area (Å²) in [6.45, 7) is 5.39. The van der Waals surface area contributed by atoms with Gasteiger partial charge in [0.15, 0.2) is 11.5 Å². The van der Waals surface area contributed by atoms with Crippen molar-refractivity contribution >= 4 is 0 Å². The fourth-order valence-corrected chi connectivity index (χ4v) is 1.97. The van der Waals surface area contributed by atoms with Gasteiger partial charge in [0.2, 0.25) is 0 Å². The molecule has 0 aliphatic carbocycles. The van der Waals surface area contributed by atoms with Gasteiger partial charge in [0.1, 0.15) is 0 Å². The lowest BCUT2D eigenvalue weighted by Gasteiger charge is -2.16. The molecular weight excluding hydrogens is 238 g/mol. The average molecular weight is 261 g/mol. The number of nitrogens with one attached hydrogen (secondary N) is 1. The van der Waals surface area contributed by atoms with Crippen molar-refractivity contribution in [1.82, 2.24) is 5.32 Å². The van der Waals surface area contributed by atoms with Gasteiger partial charge in [-0.3, -0.25) is 5.32 Å². The Morgan fingerprint density at radius 3 is 2.74 bits per heavy atom. The third kappa shape index (κ3) is 4.50. The first-order chi connectivity index (χ1) is 9.26. The molecule has 3 nitrogen and oxygen atoms in total. The van der Waals surface area contributed by atoms with Crippen LogP contribution in [0.4, 0.5) is 0 Å². The number of para-hydroxylation sites is 1. The minimum Gasteiger partial charge on any atom is -0.493 e. The van der Waals surface area contributed by atoms with Gasteiger partial charge >= 0.3 is 0 Å². The molecule has 1 N–H and O–H groups in total. The highest BCUT2D eigenvalue weighted by molar-refractivity contribution is 5.46. The molecule has 1 atom stereocenters. The van der Waals surface area contributed by atoms with Crippen molar-refractivity contribution in [3.63, 3.8) is 0 Å². The standard InChI is InChI=1S/C16H23NO2/c1-5-9-14(6-2)17-12-13-10-8-11-15(19-7-3)16(13)18-4/h2,8,10-11,14,17H,5,7,9,12H2,1,3-4H3. The van der Waals surface area contributed by atoms with E-state index in [0.717, 1.165) is 29.9 Å². The molecule has 0 amide bonds. The van der Waals surface area contributed by atoms with Gasteiger partial charge in [0, 0.05) is 12.1 Å². The second-order valence-corrected chi connectivity index (χ2v) is 4.27. The lowest BCUT2D eigenvalue weighted by Crippen LogP contribution is -2.27. The number of hydrogen-bond donors (Lipinski definition) is 1. The average Bonchev–Trinajstić information content (AvgIpc) is 2.44. The number of terminal acetylenes is 1. The van der Waals surface area contributed by atoms with Gasteiger partial charge < -0.3 is 9.47 Å². The molecule has 104 valence electrons. The van der Waals surface area contributed by atoms with Crippen LogP contribution in [0.5, 0.6) is 11.5 Å². The maximum atomic E-state index is 5.56. The highest BCUT2D eigenvalue weighted by Gasteiger charge is 2.11. The van der Waals surface area contributed by atoms with Crippen molar-refractivity contribution in [1.29, 1.82) is 0 Å². The van der Waals surface area contributed by atoms with E-state index in [1.165, 1.54) is 0 Å². The molecule has 0 aromatic heterocycles. The molecule has 0 heterocycles. The molecular formula is C16H23NO2. The second-order valence-electron chi connectivity index (χ2n) is 4.27. The lowest BCUT2D eigenvalue weighted by molar-refractivity contribution is 0.308. The van der Waals surface area contributed by atoms with Crippen molar-refractivity contribution in [3.05, 3.63) is 23.8 Å². The summed E-state index contributed by atoms with van der Waals surface area (Å²) in [4.78, 5) is 0. The molecule has 1 aromatic carbocycles. The Morgan fingerprint density at radius 2 is 2.16 bits per heavy atom. The first kappa shape index (κ1) is 15.4. The largest absolute Gasteiger partial charge is 0.493 e. The summed E-state index contributed by atoms with van der Waals surface area (Å²) < 4.78 is 11.0. The van der Waals surface area contributed by atoms with E-state index >= 15 is 0 Å². The Morgan fingerprint density at radius 1 is 1.37 bits per heavy atom. The molecule has 0 spiro atoms. The summed E-state index contributed by atoms with van der Waals surface area (Å²) in [6, 6.07) is 6.00. The van der Waals surface area contributed by atoms with E-state index in [9.17, 15) is 0 Å². The molecule has 1 unspecified atom stereocenters. The fraction of sp³-hybridized carbons (Fsp3) is 0.500. The lowest BCUT2D eigenvalue weighted by atomic mass is 10.1. The molecule has 3 heteroatoms. The third-order valence-electron chi connectivity index (χ3n) is 2.88. The summed E-state index contributed by atoms with van der Waals surface area (Å²) in [6.07, 6.45) is 7.55. The highest BCUT2D eigenvalue weighted by Crippen LogP contribution is 2.30. The van der Waals surface area contributed by atoms with Crippen LogP contribution < -0.4 is 14.8 Å². The van der Waals surface area contributed by atoms with Crippen molar-refractivity contribution in [2.45, 2.75) is 39.3 Å². The topological polar surface area (TPSA) is 30.5 Å². The molecule has 0 aliphatic heterocycles. The zero-order valence-electron chi connectivity index (χ0n) is 12.0. The van der Waals surface area contributed by atoms with Crippen molar-refractivity contribution < 1.29 is 9.47 Å². The van der Waals surface area contributed by atoms with Gasteiger partial charge in [-0.2, -0.15) is 0 Å². The molecule has 0 aliphatic rings. The summed E-state index contributed by atoms with van der Waals surface area (Å²) in [7, 11) is 1.66. The SMILES string of the molecule is C#CC(CCC)NCc1cccc(OCC)c1OC. The Kier molecular flexibility index (Phi) is 6.84. The first-order valence-electron chi connectivity index (χ1n) is 6.74. The zero-order chi connectivity index (χ0) is 14.1. The van der Waals surface area contributed by atoms with Crippen LogP contribution in [-0.2, 0) is 6.54 Å². The monoisotopic (exact) mass is 261 g/mol. The van der Waals surface area contributed by atoms with Gasteiger partial charge in [0.05, 0.1) is 19.8 Å². The number of methoxy groups -OCH3 is 1. The van der Waals surface area contributed by atoms with E-state index in [2.05, 4.69) is 18.2 Å². The number of hydrogen-bond acceptors (Lipinski definition) is 3. The number of ether oxygens (including phenoxy) is 2. The van der Waals surface area contributed by atoms with Crippen LogP contribution >= 0.6 is 0 Å². The summed E-state index contributed by atoms with van der Waals surface area (Å²) in [5.41, 5.74) is 1.06. The summed E-state index contributed by atoms with van der Waals surface area (Å²) in [5.74, 6) is 4.32. The Labute approximate surface area is 116 Å². The highest BCUT2D eigenvalue weighted by atomic mass is 16.5. The van der Waals surface area contributed by atoms with Crippen LogP contribution in [0.2, 0.25) is 0 Å². The molecule has 0 radical (unpaired) electrons. The maximum Gasteiger partial charge on any atom is 0.165 e. The minimum absolute atomic E-state index is 0.102. The van der Waals surface area contributed by atoms with Gasteiger partial charge in [-0.05, 0) is 19.4 Å². The Balaban J connectivity index is 2.77. The van der Waals surface area contributed by atoms with Crippen LogP contribution in [0.1, 0.15) is 32.3 Å². The van der Waals surface area contributed by atoms with Gasteiger partial charge in [-0.1, -0.05) is 31.4 Å². The van der Waals surface area contributed by atoms with Crippen LogP contribution in [0.15, 0.2) is 18.2 Å². The Bertz CT molecular complexity index is 423. The maximum absolute atomic E-state index is 5.56. The van der Waals surface area contributed by atoms with E-state index < -0.39 is 0 Å². The van der Waals surface area contributed by atoms with E-state index in [1.54, 1.807) is 7.11 Å². The van der Waals surface area contributed by atoms with Crippen molar-refractivity contribution in [2.75, 3.05) is 13.7 Å². The molecule has 1 aromatic rings. The van der Waals surface area contributed by atoms with Crippen molar-refractivity contribution in [3.8, 4) is 23.8 Å². The number of benzene rings is 1. The summed E-state index contributed by atoms with van der Waals surface area (Å²) in [5, 5.41) is 3.36. The minimum atomic E-state index is 0.102. The fourth-order valence-electron chi connectivity index (χ4n) is 1.97. The quantitative estimate of drug-likeness (QED) is 0.730. The third-order valence-corrected chi connectivity index (χ3v) is 2.88. The zero-order valence-corrected chi connectivity index (χ0v) is 12.0. The summed E-state index contributed by atoms with van der Waals surface area (Å²) >= 11 is 0. The van der Waals surface area contributed by atoms with Gasteiger partial charge in [-0.25, -0.2) is 0 Å². The molecule has 19 heavy (non-hydrogen) atoms. The molecule has 0 bridgehead atoms. The Hall–Kier alpha value is -1.66. The second kappa shape index (κ2) is 8.44. The van der Waals surface area contributed by atoms with Crippen LogP contribution in [0.25, 0.3) is 0 Å². The normalized spacial score (nSPS) is 11.7. The van der Waals surface area contributed by atoms with Gasteiger partial charge in [0.25, 0.3) is 0 Å². The molecule has 1 rings (SSSR count). The van der Waals surface area contributed by atoms with E-state index in [-0.39, 0.29) is 6.04 Å². The first-order valence-corrected chi connectivity index (χ1v) is 6.74.